The van der Waals surface area contributed by atoms with Gasteiger partial charge in [-0.1, -0.05) is 12.6 Å². The molecule has 2 N–H and O–H groups in total. The number of carbonyl (C=O) groups excluding carboxylic acids is 1. The lowest BCUT2D eigenvalue weighted by Gasteiger charge is -1.98. The molecule has 0 saturated carbocycles. The van der Waals surface area contributed by atoms with Gasteiger partial charge < -0.3 is 5.73 Å². The van der Waals surface area contributed by atoms with Gasteiger partial charge in [-0.3, -0.25) is 4.79 Å². The summed E-state index contributed by atoms with van der Waals surface area (Å²) in [5, 5.41) is -0.911. The van der Waals surface area contributed by atoms with Crippen LogP contribution in [-0.4, -0.2) is 14.8 Å². The number of nitrogens with zero attached hydrogens (tertiary/aromatic N) is 2. The van der Waals surface area contributed by atoms with Gasteiger partial charge in [0.1, 0.15) is 0 Å². The molecule has 12 heavy (non-hydrogen) atoms. The van der Waals surface area contributed by atoms with E-state index in [0.29, 0.717) is 10.8 Å². The lowest BCUT2D eigenvalue weighted by Crippen LogP contribution is -2.26. The van der Waals surface area contributed by atoms with E-state index in [1.54, 1.807) is 0 Å². The predicted molar refractivity (Wildman–Crippen MR) is 42.6 cm³/mol. The van der Waals surface area contributed by atoms with Crippen molar-refractivity contribution < 1.29 is 9.18 Å². The van der Waals surface area contributed by atoms with Crippen LogP contribution >= 0.6 is 12.6 Å². The number of hydrogen-bond acceptors (Lipinski definition) is 4. The van der Waals surface area contributed by atoms with Gasteiger partial charge in [0.15, 0.2) is 11.6 Å². The van der Waals surface area contributed by atoms with Gasteiger partial charge in [0.2, 0.25) is 0 Å². The van der Waals surface area contributed by atoms with Crippen molar-refractivity contribution in [2.24, 2.45) is 0 Å². The van der Waals surface area contributed by atoms with Crippen LogP contribution in [0.3, 0.4) is 0 Å². The standard InChI is InChI=1S/C5H4FN3O2S/c6-2-1-9(5(11)12)4(10)8-3(2)7/h1H,(H,11,12)(H2,7,8,10). The van der Waals surface area contributed by atoms with E-state index in [4.69, 9.17) is 5.73 Å². The Hall–Kier alpha value is -1.37. The quantitative estimate of drug-likeness (QED) is 0.557. The normalized spacial score (nSPS) is 9.83. The highest BCUT2D eigenvalue weighted by atomic mass is 32.1. The zero-order chi connectivity index (χ0) is 9.30. The zero-order valence-corrected chi connectivity index (χ0v) is 6.59. The van der Waals surface area contributed by atoms with Crippen molar-refractivity contribution in [2.45, 2.75) is 0 Å². The molecule has 0 bridgehead atoms. The Morgan fingerprint density at radius 2 is 2.33 bits per heavy atom. The monoisotopic (exact) mass is 189 g/mol. The number of nitrogen functional groups attached to an aromatic ring is 1. The lowest BCUT2D eigenvalue weighted by atomic mass is 10.5. The molecule has 0 spiro atoms. The minimum absolute atomic E-state index is 0.412. The van der Waals surface area contributed by atoms with Gasteiger partial charge in [-0.05, 0) is 0 Å². The first-order valence-electron chi connectivity index (χ1n) is 2.80. The van der Waals surface area contributed by atoms with Gasteiger partial charge in [0, 0.05) is 0 Å². The molecule has 1 aromatic rings. The number of nitrogens with two attached hydrogens (primary N) is 1. The lowest BCUT2D eigenvalue weighted by molar-refractivity contribution is 0.261. The fourth-order valence-electron chi connectivity index (χ4n) is 0.582. The molecule has 0 aliphatic rings. The van der Waals surface area contributed by atoms with Crippen LogP contribution in [0.25, 0.3) is 0 Å². The Kier molecular flexibility index (Phi) is 2.13. The first-order chi connectivity index (χ1) is 5.52. The summed E-state index contributed by atoms with van der Waals surface area (Å²) in [6, 6.07) is 0. The number of halogens is 1. The van der Waals surface area contributed by atoms with Gasteiger partial charge in [-0.2, -0.15) is 4.98 Å². The van der Waals surface area contributed by atoms with Crippen molar-refractivity contribution >= 4 is 23.7 Å². The number of anilines is 1. The maximum absolute atomic E-state index is 12.6. The Morgan fingerprint density at radius 1 is 1.75 bits per heavy atom. The van der Waals surface area contributed by atoms with Crippen molar-refractivity contribution in [1.29, 1.82) is 0 Å². The molecule has 0 saturated heterocycles. The van der Waals surface area contributed by atoms with Gasteiger partial charge in [0.05, 0.1) is 6.20 Å². The average Bonchev–Trinajstić information content (AvgIpc) is 1.96. The topological polar surface area (TPSA) is 78.0 Å². The molecule has 0 aromatic carbocycles. The van der Waals surface area contributed by atoms with Gasteiger partial charge in [-0.15, -0.1) is 0 Å². The maximum Gasteiger partial charge on any atom is 0.357 e. The van der Waals surface area contributed by atoms with E-state index in [1.807, 2.05) is 0 Å². The minimum Gasteiger partial charge on any atom is -0.381 e. The van der Waals surface area contributed by atoms with Crippen LogP contribution < -0.4 is 11.4 Å². The molecule has 0 atom stereocenters. The van der Waals surface area contributed by atoms with E-state index >= 15 is 0 Å². The van der Waals surface area contributed by atoms with Crippen LogP contribution in [-0.2, 0) is 0 Å². The molecule has 64 valence electrons. The Balaban J connectivity index is 3.43. The third-order valence-electron chi connectivity index (χ3n) is 1.12. The van der Waals surface area contributed by atoms with Crippen molar-refractivity contribution in [3.05, 3.63) is 22.5 Å². The van der Waals surface area contributed by atoms with Crippen LogP contribution in [0.2, 0.25) is 0 Å². The third-order valence-corrected chi connectivity index (χ3v) is 1.33. The van der Waals surface area contributed by atoms with Gasteiger partial charge >= 0.3 is 5.69 Å². The molecule has 0 radical (unpaired) electrons. The second kappa shape index (κ2) is 2.94. The maximum atomic E-state index is 12.6. The summed E-state index contributed by atoms with van der Waals surface area (Å²) in [5.74, 6) is -1.47. The van der Waals surface area contributed by atoms with E-state index in [-0.39, 0.29) is 0 Å². The van der Waals surface area contributed by atoms with E-state index in [0.717, 1.165) is 0 Å². The minimum atomic E-state index is -0.950. The molecule has 1 heterocycles. The van der Waals surface area contributed by atoms with Crippen molar-refractivity contribution in [3.63, 3.8) is 0 Å². The van der Waals surface area contributed by atoms with E-state index in [9.17, 15) is 14.0 Å². The second-order valence-electron chi connectivity index (χ2n) is 1.91. The molecule has 0 fully saturated rings. The van der Waals surface area contributed by atoms with Crippen molar-refractivity contribution in [3.8, 4) is 0 Å². The largest absolute Gasteiger partial charge is 0.381 e. The molecule has 5 nitrogen and oxygen atoms in total. The molecule has 0 aliphatic heterocycles. The number of carbonyl (C=O) groups is 1. The van der Waals surface area contributed by atoms with Crippen LogP contribution in [0.1, 0.15) is 0 Å². The molecular weight excluding hydrogens is 185 g/mol. The van der Waals surface area contributed by atoms with E-state index in [2.05, 4.69) is 17.6 Å². The number of rotatable bonds is 0. The van der Waals surface area contributed by atoms with Crippen molar-refractivity contribution in [2.75, 3.05) is 5.73 Å². The molecule has 0 unspecified atom stereocenters. The summed E-state index contributed by atoms with van der Waals surface area (Å²) in [6.45, 7) is 0. The van der Waals surface area contributed by atoms with E-state index in [1.165, 1.54) is 0 Å². The Bertz CT molecular complexity index is 389. The predicted octanol–water partition coefficient (Wildman–Crippen LogP) is -0.138. The first kappa shape index (κ1) is 8.72. The highest BCUT2D eigenvalue weighted by molar-refractivity contribution is 7.96. The average molecular weight is 189 g/mol. The highest BCUT2D eigenvalue weighted by Gasteiger charge is 2.07. The Morgan fingerprint density at radius 3 is 2.83 bits per heavy atom. The van der Waals surface area contributed by atoms with Gasteiger partial charge in [-0.25, -0.2) is 13.8 Å². The van der Waals surface area contributed by atoms with Crippen LogP contribution in [0.15, 0.2) is 11.0 Å². The molecule has 7 heteroatoms. The summed E-state index contributed by atoms with van der Waals surface area (Å²) >= 11 is 3.32. The SMILES string of the molecule is Nc1nc(=O)n(C(=O)S)cc1F. The first-order valence-corrected chi connectivity index (χ1v) is 3.25. The smallest absolute Gasteiger partial charge is 0.357 e. The fourth-order valence-corrected chi connectivity index (χ4v) is 0.725. The molecule has 1 aromatic heterocycles. The number of hydrogen-bond donors (Lipinski definition) is 2. The number of aromatic nitrogens is 2. The molecule has 0 amide bonds. The molecule has 1 rings (SSSR count). The van der Waals surface area contributed by atoms with Crippen LogP contribution in [0, 0.1) is 5.82 Å². The molecular formula is C5H4FN3O2S. The number of thiol groups is 1. The summed E-state index contributed by atoms with van der Waals surface area (Å²) in [7, 11) is 0. The molecule has 0 aliphatic carbocycles. The zero-order valence-electron chi connectivity index (χ0n) is 5.69. The van der Waals surface area contributed by atoms with Crippen LogP contribution in [0.5, 0.6) is 0 Å². The third kappa shape index (κ3) is 1.45. The van der Waals surface area contributed by atoms with Crippen LogP contribution in [0.4, 0.5) is 15.0 Å². The summed E-state index contributed by atoms with van der Waals surface area (Å²) < 4.78 is 13.0. The summed E-state index contributed by atoms with van der Waals surface area (Å²) in [4.78, 5) is 24.3. The second-order valence-corrected chi connectivity index (χ2v) is 2.29. The Labute approximate surface area is 71.4 Å². The fraction of sp³-hybridized carbons (Fsp3) is 0. The van der Waals surface area contributed by atoms with Crippen molar-refractivity contribution in [1.82, 2.24) is 9.55 Å². The summed E-state index contributed by atoms with van der Waals surface area (Å²) in [6.07, 6.45) is 0.639. The van der Waals surface area contributed by atoms with E-state index < -0.39 is 22.6 Å². The summed E-state index contributed by atoms with van der Waals surface area (Å²) in [5.41, 5.74) is 4.00. The van der Waals surface area contributed by atoms with Gasteiger partial charge in [0.25, 0.3) is 5.24 Å². The highest BCUT2D eigenvalue weighted by Crippen LogP contribution is 2.01.